The molecule has 2 aromatic heterocycles. The number of nitrogens with zero attached hydrogens (tertiary/aromatic N) is 6. The number of carboxylic acids is 1. The van der Waals surface area contributed by atoms with Gasteiger partial charge in [0, 0.05) is 42.4 Å². The van der Waals surface area contributed by atoms with E-state index in [0.29, 0.717) is 5.57 Å². The fourth-order valence-corrected chi connectivity index (χ4v) is 6.78. The number of amides is 5. The molecule has 4 rings (SSSR count). The maximum absolute atomic E-state index is 13.6. The van der Waals surface area contributed by atoms with Crippen LogP contribution >= 0.6 is 23.3 Å². The number of esters is 1. The van der Waals surface area contributed by atoms with Crippen molar-refractivity contribution in [3.8, 4) is 0 Å². The van der Waals surface area contributed by atoms with Gasteiger partial charge in [0.25, 0.3) is 11.8 Å². The number of oxime groups is 1. The molecule has 0 unspecified atom stereocenters. The molecule has 324 valence electrons. The summed E-state index contributed by atoms with van der Waals surface area (Å²) in [5.74, 6) is -3.70. The second-order valence-corrected chi connectivity index (χ2v) is 17.0. The normalized spacial score (nSPS) is 16.7. The lowest BCUT2D eigenvalue weighted by atomic mass is 10.0. The molecule has 2 aromatic rings. The van der Waals surface area contributed by atoms with E-state index in [1.165, 1.54) is 36.5 Å². The van der Waals surface area contributed by atoms with Gasteiger partial charge < -0.3 is 56.7 Å². The number of ether oxygens (including phenoxy) is 2. The number of fused-ring (bicyclic) bond motifs is 1. The molecule has 2 atom stereocenters. The Morgan fingerprint density at radius 3 is 2.24 bits per heavy atom. The lowest BCUT2D eigenvalue weighted by Crippen LogP contribution is -2.71. The van der Waals surface area contributed by atoms with Crippen molar-refractivity contribution in [1.29, 1.82) is 0 Å². The maximum atomic E-state index is 13.6. The lowest BCUT2D eigenvalue weighted by Gasteiger charge is -2.49. The zero-order valence-electron chi connectivity index (χ0n) is 33.7. The molecule has 0 spiro atoms. The first-order chi connectivity index (χ1) is 27.3. The molecule has 2 aliphatic rings. The molecule has 0 aromatic carbocycles. The van der Waals surface area contributed by atoms with E-state index in [4.69, 9.17) is 35.7 Å². The number of urea groups is 1. The minimum Gasteiger partial charge on any atom is -0.554 e. The van der Waals surface area contributed by atoms with Gasteiger partial charge in [-0.3, -0.25) is 19.8 Å². The number of β-lactam (4-membered cyclic amide) rings is 1. The number of carbonyl (C=O) groups is 7. The Bertz CT molecular complexity index is 2020. The molecule has 4 heterocycles. The molecule has 9 N–H and O–H groups in total. The number of nitrogen functional groups attached to an aromatic ring is 2. The van der Waals surface area contributed by atoms with Gasteiger partial charge in [0.1, 0.15) is 28.3 Å². The van der Waals surface area contributed by atoms with Crippen molar-refractivity contribution in [2.45, 2.75) is 90.2 Å². The number of carboxylic acid groups (broad SMARTS) is 2. The SMILES string of the molecule is Cn1c(N)c(NC(=O)NCCNC(=O)OC(C)(C)C)c[n+]1CC1=C(C(=O)O)N2C(=O)[C@@H](NC(=O)/C(=N\OC(C)(C)C(=O)OC(C)(C)C)c3nsc(N)n3)[C@H]2SC1.O=C[O-]. The van der Waals surface area contributed by atoms with Crippen LogP contribution in [0, 0.1) is 0 Å². The topological polar surface area (TPSA) is 341 Å². The Labute approximate surface area is 346 Å². The van der Waals surface area contributed by atoms with Crippen LogP contribution in [0.5, 0.6) is 0 Å². The molecule has 5 amide bonds. The standard InChI is InChI=1S/C32H46N12O10S2.CH2O2/c1-30(2,3)52-26(49)32(7,8)54-40-17(21-39-27(34)56-41-21)22(45)38-18-23(46)44-19(25(47)48)15(14-55-24(18)44)12-43-13-16(20(33)42(43)9)37-28(50)35-10-11-36-29(51)53-31(4,5)6;2-1-3/h13,18,24,33H,10-12,14H2,1-9H3,(H7,34,35,36,37,38,39,41,45,47,48,50,51);1H,(H,2,3)/b40-17-;/t18-,24-;/m1./s1. The summed E-state index contributed by atoms with van der Waals surface area (Å²) in [6, 6.07) is -1.78. The van der Waals surface area contributed by atoms with E-state index in [1.807, 2.05) is 0 Å². The number of nitrogens with one attached hydrogen (secondary N) is 4. The first-order valence-corrected chi connectivity index (χ1v) is 19.3. The molecule has 0 saturated carbocycles. The molecule has 26 heteroatoms. The van der Waals surface area contributed by atoms with Crippen molar-refractivity contribution in [2.75, 3.05) is 35.6 Å². The van der Waals surface area contributed by atoms with E-state index in [0.717, 1.165) is 16.4 Å². The lowest BCUT2D eigenvalue weighted by molar-refractivity contribution is -0.765. The first-order valence-electron chi connectivity index (χ1n) is 17.5. The number of hydrogen-bond acceptors (Lipinski definition) is 18. The summed E-state index contributed by atoms with van der Waals surface area (Å²) in [4.78, 5) is 95.5. The minimum atomic E-state index is -1.65. The van der Waals surface area contributed by atoms with Crippen molar-refractivity contribution in [3.63, 3.8) is 0 Å². The van der Waals surface area contributed by atoms with Crippen LogP contribution < -0.4 is 42.5 Å². The fourth-order valence-electron chi connectivity index (χ4n) is 5.01. The number of aromatic nitrogens is 4. The highest BCUT2D eigenvalue weighted by atomic mass is 32.2. The number of thioether (sulfide) groups is 1. The fraction of sp³-hybridized carbons (Fsp3) is 0.545. The van der Waals surface area contributed by atoms with E-state index in [2.05, 4.69) is 35.8 Å². The van der Waals surface area contributed by atoms with Gasteiger partial charge in [-0.05, 0) is 55.4 Å². The van der Waals surface area contributed by atoms with Crippen LogP contribution in [-0.4, -0.2) is 119 Å². The van der Waals surface area contributed by atoms with E-state index in [9.17, 15) is 33.9 Å². The zero-order valence-corrected chi connectivity index (χ0v) is 35.4. The van der Waals surface area contributed by atoms with Gasteiger partial charge in [0.15, 0.2) is 23.2 Å². The number of rotatable bonds is 13. The molecule has 0 bridgehead atoms. The summed E-state index contributed by atoms with van der Waals surface area (Å²) in [6.07, 6.45) is 0.877. The molecule has 0 radical (unpaired) electrons. The third-order valence-electron chi connectivity index (χ3n) is 7.63. The predicted octanol–water partition coefficient (Wildman–Crippen LogP) is -1.38. The van der Waals surface area contributed by atoms with Gasteiger partial charge in [0.05, 0.1) is 7.05 Å². The Morgan fingerprint density at radius 2 is 1.68 bits per heavy atom. The number of alkyl carbamates (subject to hydrolysis) is 1. The summed E-state index contributed by atoms with van der Waals surface area (Å²) in [5, 5.41) is 31.9. The molecule has 2 aliphatic heterocycles. The molecule has 24 nitrogen and oxygen atoms in total. The average Bonchev–Trinajstić information content (AvgIpc) is 3.65. The van der Waals surface area contributed by atoms with Crippen LogP contribution in [0.3, 0.4) is 0 Å². The Morgan fingerprint density at radius 1 is 1.07 bits per heavy atom. The molecule has 59 heavy (non-hydrogen) atoms. The highest BCUT2D eigenvalue weighted by Crippen LogP contribution is 2.40. The summed E-state index contributed by atoms with van der Waals surface area (Å²) in [5.41, 5.74) is 8.64. The summed E-state index contributed by atoms with van der Waals surface area (Å²) < 4.78 is 17.6. The Kier molecular flexibility index (Phi) is 15.2. The molecule has 1 saturated heterocycles. The Hall–Kier alpha value is -6.18. The average molecular weight is 869 g/mol. The van der Waals surface area contributed by atoms with Gasteiger partial charge in [-0.1, -0.05) is 5.16 Å². The second kappa shape index (κ2) is 19.0. The number of hydrogen-bond donors (Lipinski definition) is 7. The number of anilines is 3. The second-order valence-electron chi connectivity index (χ2n) is 15.1. The summed E-state index contributed by atoms with van der Waals surface area (Å²) in [6.45, 7) is 12.6. The van der Waals surface area contributed by atoms with Crippen LogP contribution in [0.15, 0.2) is 22.6 Å². The van der Waals surface area contributed by atoms with E-state index >= 15 is 0 Å². The number of carbonyl (C=O) groups excluding carboxylic acids is 6. The largest absolute Gasteiger partial charge is 0.554 e. The molecule has 1 fully saturated rings. The van der Waals surface area contributed by atoms with E-state index in [-0.39, 0.29) is 53.5 Å². The summed E-state index contributed by atoms with van der Waals surface area (Å²) in [7, 11) is 1.60. The smallest absolute Gasteiger partial charge is 0.407 e. The third kappa shape index (κ3) is 12.7. The zero-order chi connectivity index (χ0) is 44.6. The van der Waals surface area contributed by atoms with E-state index in [1.54, 1.807) is 53.3 Å². The van der Waals surface area contributed by atoms with Crippen LogP contribution in [0.4, 0.5) is 26.2 Å². The minimum absolute atomic E-state index is 0.0121. The third-order valence-corrected chi connectivity index (χ3v) is 9.51. The molecular weight excluding hydrogens is 821 g/mol. The van der Waals surface area contributed by atoms with Crippen LogP contribution in [0.2, 0.25) is 0 Å². The van der Waals surface area contributed by atoms with Crippen molar-refractivity contribution in [2.24, 2.45) is 12.2 Å². The quantitative estimate of drug-likeness (QED) is 0.0232. The van der Waals surface area contributed by atoms with Crippen molar-refractivity contribution >= 4 is 88.0 Å². The number of nitrogens with two attached hydrogens (primary N) is 2. The van der Waals surface area contributed by atoms with Gasteiger partial charge in [-0.15, -0.1) is 21.1 Å². The predicted molar refractivity (Wildman–Crippen MR) is 209 cm³/mol. The van der Waals surface area contributed by atoms with Crippen molar-refractivity contribution in [3.05, 3.63) is 23.3 Å². The molecular formula is C33H48N12O12S2. The van der Waals surface area contributed by atoms with Crippen molar-refractivity contribution < 1.29 is 62.8 Å². The molecule has 0 aliphatic carbocycles. The van der Waals surface area contributed by atoms with Gasteiger partial charge in [-0.25, -0.2) is 19.2 Å². The van der Waals surface area contributed by atoms with Gasteiger partial charge in [0.2, 0.25) is 23.3 Å². The Balaban J connectivity index is 0.00000300. The van der Waals surface area contributed by atoms with E-state index < -0.39 is 76.3 Å². The highest BCUT2D eigenvalue weighted by Gasteiger charge is 2.55. The monoisotopic (exact) mass is 868 g/mol. The van der Waals surface area contributed by atoms with Crippen molar-refractivity contribution in [1.82, 2.24) is 34.9 Å². The van der Waals surface area contributed by atoms with Gasteiger partial charge in [-0.2, -0.15) is 9.36 Å². The van der Waals surface area contributed by atoms with Crippen LogP contribution in [0.25, 0.3) is 0 Å². The maximum Gasteiger partial charge on any atom is 0.407 e. The number of aliphatic carboxylic acids is 1. The van der Waals surface area contributed by atoms with Gasteiger partial charge >= 0.3 is 24.1 Å². The first kappa shape index (κ1) is 47.2. The van der Waals surface area contributed by atoms with Crippen LogP contribution in [0.1, 0.15) is 61.2 Å². The van der Waals surface area contributed by atoms with Crippen LogP contribution in [-0.2, 0) is 51.9 Å². The highest BCUT2D eigenvalue weighted by molar-refractivity contribution is 8.00. The summed E-state index contributed by atoms with van der Waals surface area (Å²) >= 11 is 1.99.